The van der Waals surface area contributed by atoms with E-state index >= 15 is 0 Å². The summed E-state index contributed by atoms with van der Waals surface area (Å²) in [6.45, 7) is 10.4. The fourth-order valence-corrected chi connectivity index (χ4v) is 4.20. The van der Waals surface area contributed by atoms with Crippen LogP contribution in [0.25, 0.3) is 0 Å². The summed E-state index contributed by atoms with van der Waals surface area (Å²) in [5.41, 5.74) is 0. The Morgan fingerprint density at radius 3 is 2.32 bits per heavy atom. The molecule has 2 heterocycles. The Morgan fingerprint density at radius 1 is 1.05 bits per heavy atom. The molecule has 0 amide bonds. The van der Waals surface area contributed by atoms with Crippen molar-refractivity contribution in [3.8, 4) is 0 Å². The molecule has 1 atom stereocenters. The number of piperidine rings is 1. The molecule has 0 N–H and O–H groups in total. The molecule has 19 heavy (non-hydrogen) atoms. The van der Waals surface area contributed by atoms with Crippen molar-refractivity contribution in [2.45, 2.75) is 45.4 Å². The van der Waals surface area contributed by atoms with Crippen molar-refractivity contribution in [1.82, 2.24) is 9.80 Å². The summed E-state index contributed by atoms with van der Waals surface area (Å²) in [4.78, 5) is 5.40. The maximum absolute atomic E-state index is 3.68. The Labute approximate surface area is 128 Å². The Kier molecular flexibility index (Phi) is 7.17. The van der Waals surface area contributed by atoms with Crippen molar-refractivity contribution < 1.29 is 0 Å². The van der Waals surface area contributed by atoms with Gasteiger partial charge >= 0.3 is 0 Å². The van der Waals surface area contributed by atoms with Crippen LogP contribution in [0.15, 0.2) is 0 Å². The van der Waals surface area contributed by atoms with Crippen LogP contribution < -0.4 is 0 Å². The Balaban J connectivity index is 1.63. The van der Waals surface area contributed by atoms with E-state index < -0.39 is 0 Å². The third kappa shape index (κ3) is 5.35. The summed E-state index contributed by atoms with van der Waals surface area (Å²) in [5.74, 6) is 1.84. The van der Waals surface area contributed by atoms with E-state index in [4.69, 9.17) is 0 Å². The Bertz CT molecular complexity index is 233. The molecule has 0 aromatic heterocycles. The monoisotopic (exact) mass is 330 g/mol. The van der Waals surface area contributed by atoms with Crippen LogP contribution in [0.2, 0.25) is 0 Å². The van der Waals surface area contributed by atoms with Crippen molar-refractivity contribution in [2.24, 2.45) is 11.8 Å². The van der Waals surface area contributed by atoms with E-state index in [9.17, 15) is 0 Å². The van der Waals surface area contributed by atoms with E-state index in [1.165, 1.54) is 83.1 Å². The van der Waals surface area contributed by atoms with Gasteiger partial charge in [0.25, 0.3) is 0 Å². The summed E-state index contributed by atoms with van der Waals surface area (Å²) < 4.78 is 0. The lowest BCUT2D eigenvalue weighted by atomic mass is 9.95. The first kappa shape index (κ1) is 15.8. The van der Waals surface area contributed by atoms with Crippen LogP contribution in [-0.4, -0.2) is 54.4 Å². The molecule has 0 radical (unpaired) electrons. The van der Waals surface area contributed by atoms with E-state index in [-0.39, 0.29) is 0 Å². The minimum absolute atomic E-state index is 0.861. The van der Waals surface area contributed by atoms with Gasteiger partial charge in [-0.25, -0.2) is 0 Å². The van der Waals surface area contributed by atoms with Gasteiger partial charge in [0.15, 0.2) is 0 Å². The van der Waals surface area contributed by atoms with Gasteiger partial charge in [-0.1, -0.05) is 29.3 Å². The number of rotatable bonds is 7. The highest BCUT2D eigenvalue weighted by molar-refractivity contribution is 9.09. The molecule has 3 heteroatoms. The van der Waals surface area contributed by atoms with Gasteiger partial charge in [0.1, 0.15) is 0 Å². The molecular weight excluding hydrogens is 300 g/mol. The van der Waals surface area contributed by atoms with Crippen molar-refractivity contribution in [2.75, 3.05) is 44.6 Å². The number of hydrogen-bond acceptors (Lipinski definition) is 2. The average molecular weight is 331 g/mol. The molecule has 2 rings (SSSR count). The second kappa shape index (κ2) is 8.63. The zero-order valence-electron chi connectivity index (χ0n) is 12.6. The largest absolute Gasteiger partial charge is 0.303 e. The van der Waals surface area contributed by atoms with Crippen molar-refractivity contribution in [3.63, 3.8) is 0 Å². The lowest BCUT2D eigenvalue weighted by Crippen LogP contribution is -2.40. The molecule has 2 saturated heterocycles. The predicted octanol–water partition coefficient (Wildman–Crippen LogP) is 3.61. The lowest BCUT2D eigenvalue weighted by molar-refractivity contribution is 0.139. The van der Waals surface area contributed by atoms with Crippen LogP contribution in [0.4, 0.5) is 0 Å². The second-order valence-corrected chi connectivity index (χ2v) is 7.21. The molecule has 2 nitrogen and oxygen atoms in total. The topological polar surface area (TPSA) is 6.48 Å². The molecule has 2 fully saturated rings. The van der Waals surface area contributed by atoms with Crippen LogP contribution in [0.1, 0.15) is 45.4 Å². The zero-order chi connectivity index (χ0) is 13.5. The number of nitrogens with zero attached hydrogens (tertiary/aromatic N) is 2. The third-order valence-corrected chi connectivity index (χ3v) is 5.77. The van der Waals surface area contributed by atoms with E-state index in [0.29, 0.717) is 0 Å². The SMILES string of the molecule is CCCC(CBr)CN1CCC(CN2CCCC2)CC1. The van der Waals surface area contributed by atoms with Gasteiger partial charge < -0.3 is 9.80 Å². The summed E-state index contributed by atoms with van der Waals surface area (Å²) in [7, 11) is 0. The molecular formula is C16H31BrN2. The smallest absolute Gasteiger partial charge is 0.00718 e. The molecule has 1 unspecified atom stereocenters. The Hall–Kier alpha value is 0.400. The average Bonchev–Trinajstić information content (AvgIpc) is 2.93. The first-order chi connectivity index (χ1) is 9.31. The molecule has 0 aliphatic carbocycles. The Morgan fingerprint density at radius 2 is 1.74 bits per heavy atom. The highest BCUT2D eigenvalue weighted by Gasteiger charge is 2.23. The first-order valence-corrected chi connectivity index (χ1v) is 9.44. The summed E-state index contributed by atoms with van der Waals surface area (Å²) >= 11 is 3.68. The van der Waals surface area contributed by atoms with Gasteiger partial charge in [-0.15, -0.1) is 0 Å². The molecule has 2 aliphatic rings. The molecule has 0 bridgehead atoms. The summed E-state index contributed by atoms with van der Waals surface area (Å²) in [6, 6.07) is 0. The van der Waals surface area contributed by atoms with Crippen LogP contribution in [0, 0.1) is 11.8 Å². The zero-order valence-corrected chi connectivity index (χ0v) is 14.2. The van der Waals surface area contributed by atoms with Crippen molar-refractivity contribution in [1.29, 1.82) is 0 Å². The lowest BCUT2D eigenvalue weighted by Gasteiger charge is -2.35. The first-order valence-electron chi connectivity index (χ1n) is 8.32. The molecule has 112 valence electrons. The standard InChI is InChI=1S/C16H31BrN2/c1-2-5-16(12-17)14-19-10-6-15(7-11-19)13-18-8-3-4-9-18/h15-16H,2-14H2,1H3. The highest BCUT2D eigenvalue weighted by Crippen LogP contribution is 2.22. The summed E-state index contributed by atoms with van der Waals surface area (Å²) in [6.07, 6.45) is 8.42. The van der Waals surface area contributed by atoms with E-state index in [1.807, 2.05) is 0 Å². The van der Waals surface area contributed by atoms with Crippen LogP contribution >= 0.6 is 15.9 Å². The van der Waals surface area contributed by atoms with Crippen LogP contribution in [-0.2, 0) is 0 Å². The van der Waals surface area contributed by atoms with Gasteiger partial charge in [0.05, 0.1) is 0 Å². The number of likely N-dealkylation sites (tertiary alicyclic amines) is 2. The van der Waals surface area contributed by atoms with Crippen molar-refractivity contribution >= 4 is 15.9 Å². The molecule has 0 saturated carbocycles. The van der Waals surface area contributed by atoms with E-state index in [0.717, 1.165) is 11.8 Å². The number of alkyl halides is 1. The predicted molar refractivity (Wildman–Crippen MR) is 87.0 cm³/mol. The summed E-state index contributed by atoms with van der Waals surface area (Å²) in [5, 5.41) is 1.18. The maximum Gasteiger partial charge on any atom is 0.00718 e. The van der Waals surface area contributed by atoms with E-state index in [1.54, 1.807) is 0 Å². The highest BCUT2D eigenvalue weighted by atomic mass is 79.9. The van der Waals surface area contributed by atoms with Gasteiger partial charge in [0, 0.05) is 18.4 Å². The molecule has 2 aliphatic heterocycles. The van der Waals surface area contributed by atoms with Gasteiger partial charge in [-0.3, -0.25) is 0 Å². The quantitative estimate of drug-likeness (QED) is 0.658. The molecule has 0 aromatic rings. The van der Waals surface area contributed by atoms with Gasteiger partial charge in [0.2, 0.25) is 0 Å². The second-order valence-electron chi connectivity index (χ2n) is 6.56. The minimum atomic E-state index is 0.861. The third-order valence-electron chi connectivity index (χ3n) is 4.85. The number of halogens is 1. The normalized spacial score (nSPS) is 24.9. The van der Waals surface area contributed by atoms with Crippen molar-refractivity contribution in [3.05, 3.63) is 0 Å². The van der Waals surface area contributed by atoms with Crippen LogP contribution in [0.5, 0.6) is 0 Å². The molecule has 0 spiro atoms. The fraction of sp³-hybridized carbons (Fsp3) is 1.00. The molecule has 0 aromatic carbocycles. The van der Waals surface area contributed by atoms with Gasteiger partial charge in [-0.2, -0.15) is 0 Å². The fourth-order valence-electron chi connectivity index (χ4n) is 3.67. The number of hydrogen-bond donors (Lipinski definition) is 0. The van der Waals surface area contributed by atoms with Gasteiger partial charge in [-0.05, 0) is 70.1 Å². The van der Waals surface area contributed by atoms with Crippen LogP contribution in [0.3, 0.4) is 0 Å². The van der Waals surface area contributed by atoms with E-state index in [2.05, 4.69) is 32.7 Å². The maximum atomic E-state index is 3.68. The minimum Gasteiger partial charge on any atom is -0.303 e.